The lowest BCUT2D eigenvalue weighted by molar-refractivity contribution is -0.132. The van der Waals surface area contributed by atoms with Crippen LogP contribution in [0, 0.1) is 29.1 Å². The van der Waals surface area contributed by atoms with E-state index in [1.165, 1.54) is 38.3 Å². The number of H-pyrrole nitrogens is 2. The molecular formula is C22H26N4O3. The molecule has 1 aliphatic heterocycles. The molecule has 7 heteroatoms. The number of nitrogens with zero attached hydrogens (tertiary/aromatic N) is 2. The molecule has 2 aromatic rings. The minimum Gasteiger partial charge on any atom is -0.339 e. The highest BCUT2D eigenvalue weighted by Gasteiger charge is 2.57. The second-order valence-electron chi connectivity index (χ2n) is 9.86. The van der Waals surface area contributed by atoms with Crippen molar-refractivity contribution in [1.29, 1.82) is 0 Å². The van der Waals surface area contributed by atoms with E-state index in [1.807, 2.05) is 4.90 Å². The molecule has 7 rings (SSSR count). The SMILES string of the molecule is O=C(c1cnc2[nH]c(=O)[nH]c(=O)c2c1)N1CCC2(CC1)C1CC3CC(C1)CC2C3. The molecule has 0 atom stereocenters. The van der Waals surface area contributed by atoms with E-state index in [0.29, 0.717) is 11.0 Å². The van der Waals surface area contributed by atoms with Gasteiger partial charge in [-0.1, -0.05) is 0 Å². The van der Waals surface area contributed by atoms with Crippen molar-refractivity contribution in [3.05, 3.63) is 38.7 Å². The predicted molar refractivity (Wildman–Crippen MR) is 108 cm³/mol. The molecule has 2 N–H and O–H groups in total. The molecule has 3 heterocycles. The van der Waals surface area contributed by atoms with Gasteiger partial charge in [0, 0.05) is 19.3 Å². The average Bonchev–Trinajstić information content (AvgIpc) is 2.71. The van der Waals surface area contributed by atoms with Gasteiger partial charge in [-0.3, -0.25) is 19.6 Å². The number of aromatic amines is 2. The Kier molecular flexibility index (Phi) is 3.62. The van der Waals surface area contributed by atoms with E-state index in [1.54, 1.807) is 6.07 Å². The molecule has 29 heavy (non-hydrogen) atoms. The topological polar surface area (TPSA) is 98.9 Å². The molecule has 1 spiro atoms. The van der Waals surface area contributed by atoms with Crippen LogP contribution in [0.15, 0.2) is 21.9 Å². The van der Waals surface area contributed by atoms with E-state index in [-0.39, 0.29) is 16.9 Å². The summed E-state index contributed by atoms with van der Waals surface area (Å²) in [6.07, 6.45) is 10.8. The summed E-state index contributed by atoms with van der Waals surface area (Å²) in [7, 11) is 0. The van der Waals surface area contributed by atoms with Crippen LogP contribution in [-0.2, 0) is 0 Å². The monoisotopic (exact) mass is 394 g/mol. The first-order valence-electron chi connectivity index (χ1n) is 10.9. The van der Waals surface area contributed by atoms with E-state index < -0.39 is 11.2 Å². The Hall–Kier alpha value is -2.44. The van der Waals surface area contributed by atoms with Crippen LogP contribution < -0.4 is 11.2 Å². The van der Waals surface area contributed by atoms with Gasteiger partial charge >= 0.3 is 5.69 Å². The van der Waals surface area contributed by atoms with Crippen molar-refractivity contribution >= 4 is 16.9 Å². The van der Waals surface area contributed by atoms with E-state index in [0.717, 1.165) is 49.6 Å². The largest absolute Gasteiger partial charge is 0.339 e. The summed E-state index contributed by atoms with van der Waals surface area (Å²) in [5.41, 5.74) is -0.0246. The Balaban J connectivity index is 1.23. The second kappa shape index (κ2) is 6.03. The van der Waals surface area contributed by atoms with Gasteiger partial charge in [-0.15, -0.1) is 0 Å². The highest BCUT2D eigenvalue weighted by atomic mass is 16.2. The van der Waals surface area contributed by atoms with Crippen molar-refractivity contribution in [3.8, 4) is 0 Å². The number of nitrogens with one attached hydrogen (secondary N) is 2. The Morgan fingerprint density at radius 3 is 2.31 bits per heavy atom. The molecule has 5 fully saturated rings. The fourth-order valence-electron chi connectivity index (χ4n) is 7.41. The van der Waals surface area contributed by atoms with Gasteiger partial charge in [0.1, 0.15) is 5.65 Å². The number of carbonyl (C=O) groups excluding carboxylic acids is 1. The standard InChI is InChI=1S/C22H26N4O3/c27-19-17-10-14(11-23-18(17)24-21(29)25-19)20(28)26-3-1-22(2-4-26)15-6-12-5-13(8-15)9-16(22)7-12/h10-13,15-16H,1-9H2,(H2,23,24,25,27,29). The fraction of sp³-hybridized carbons (Fsp3) is 0.636. The molecular weight excluding hydrogens is 368 g/mol. The average molecular weight is 394 g/mol. The molecule has 1 saturated heterocycles. The van der Waals surface area contributed by atoms with E-state index in [2.05, 4.69) is 15.0 Å². The van der Waals surface area contributed by atoms with Crippen molar-refractivity contribution in [3.63, 3.8) is 0 Å². The molecule has 1 amide bonds. The van der Waals surface area contributed by atoms with Crippen LogP contribution in [0.5, 0.6) is 0 Å². The molecule has 0 radical (unpaired) electrons. The quantitative estimate of drug-likeness (QED) is 0.775. The summed E-state index contributed by atoms with van der Waals surface area (Å²) < 4.78 is 0. The van der Waals surface area contributed by atoms with Crippen molar-refractivity contribution in [2.45, 2.75) is 44.9 Å². The Labute approximate surface area is 167 Å². The van der Waals surface area contributed by atoms with Crippen LogP contribution >= 0.6 is 0 Å². The normalized spacial score (nSPS) is 32.2. The lowest BCUT2D eigenvalue weighted by Gasteiger charge is -2.63. The fourth-order valence-corrected chi connectivity index (χ4v) is 7.41. The van der Waals surface area contributed by atoms with Crippen molar-refractivity contribution in [2.75, 3.05) is 13.1 Å². The molecule has 4 bridgehead atoms. The zero-order valence-corrected chi connectivity index (χ0v) is 16.4. The minimum absolute atomic E-state index is 0.0660. The third-order valence-corrected chi connectivity index (χ3v) is 8.58. The van der Waals surface area contributed by atoms with Gasteiger partial charge in [-0.25, -0.2) is 9.78 Å². The first-order valence-corrected chi connectivity index (χ1v) is 10.9. The Morgan fingerprint density at radius 1 is 1.00 bits per heavy atom. The van der Waals surface area contributed by atoms with Gasteiger partial charge in [0.15, 0.2) is 0 Å². The molecule has 5 aliphatic rings. The number of fused-ring (bicyclic) bond motifs is 1. The molecule has 4 saturated carbocycles. The number of amides is 1. The van der Waals surface area contributed by atoms with Gasteiger partial charge in [-0.05, 0) is 80.1 Å². The van der Waals surface area contributed by atoms with E-state index in [4.69, 9.17) is 0 Å². The number of hydrogen-bond acceptors (Lipinski definition) is 4. The van der Waals surface area contributed by atoms with Gasteiger partial charge < -0.3 is 4.90 Å². The molecule has 7 nitrogen and oxygen atoms in total. The summed E-state index contributed by atoms with van der Waals surface area (Å²) in [4.78, 5) is 47.3. The summed E-state index contributed by atoms with van der Waals surface area (Å²) in [6, 6.07) is 1.55. The maximum Gasteiger partial charge on any atom is 0.327 e. The lowest BCUT2D eigenvalue weighted by Crippen LogP contribution is -2.57. The third-order valence-electron chi connectivity index (χ3n) is 8.58. The van der Waals surface area contributed by atoms with Crippen molar-refractivity contribution in [1.82, 2.24) is 19.9 Å². The zero-order chi connectivity index (χ0) is 19.8. The number of piperidine rings is 1. The smallest absolute Gasteiger partial charge is 0.327 e. The lowest BCUT2D eigenvalue weighted by atomic mass is 9.43. The molecule has 2 aromatic heterocycles. The van der Waals surface area contributed by atoms with Crippen LogP contribution in [0.1, 0.15) is 55.3 Å². The van der Waals surface area contributed by atoms with Gasteiger partial charge in [0.2, 0.25) is 0 Å². The Morgan fingerprint density at radius 2 is 1.66 bits per heavy atom. The van der Waals surface area contributed by atoms with Gasteiger partial charge in [-0.2, -0.15) is 0 Å². The van der Waals surface area contributed by atoms with Crippen LogP contribution in [0.25, 0.3) is 11.0 Å². The van der Waals surface area contributed by atoms with Crippen LogP contribution in [0.3, 0.4) is 0 Å². The summed E-state index contributed by atoms with van der Waals surface area (Å²) >= 11 is 0. The number of rotatable bonds is 1. The second-order valence-corrected chi connectivity index (χ2v) is 9.86. The van der Waals surface area contributed by atoms with Crippen molar-refractivity contribution in [2.24, 2.45) is 29.1 Å². The number of likely N-dealkylation sites (tertiary alicyclic amines) is 1. The third kappa shape index (κ3) is 2.55. The van der Waals surface area contributed by atoms with E-state index in [9.17, 15) is 14.4 Å². The number of carbonyl (C=O) groups is 1. The maximum absolute atomic E-state index is 13.1. The molecule has 0 unspecified atom stereocenters. The van der Waals surface area contributed by atoms with Gasteiger partial charge in [0.05, 0.1) is 10.9 Å². The maximum atomic E-state index is 13.1. The minimum atomic E-state index is -0.592. The molecule has 0 aromatic carbocycles. The highest BCUT2D eigenvalue weighted by molar-refractivity contribution is 5.96. The zero-order valence-electron chi connectivity index (χ0n) is 16.4. The van der Waals surface area contributed by atoms with Gasteiger partial charge in [0.25, 0.3) is 11.5 Å². The molecule has 152 valence electrons. The Bertz CT molecular complexity index is 1080. The first-order chi connectivity index (χ1) is 14.0. The van der Waals surface area contributed by atoms with E-state index >= 15 is 0 Å². The summed E-state index contributed by atoms with van der Waals surface area (Å²) in [5.74, 6) is 3.61. The van der Waals surface area contributed by atoms with Crippen LogP contribution in [0.2, 0.25) is 0 Å². The number of pyridine rings is 1. The predicted octanol–water partition coefficient (Wildman–Crippen LogP) is 2.29. The van der Waals surface area contributed by atoms with Crippen LogP contribution in [-0.4, -0.2) is 38.8 Å². The highest BCUT2D eigenvalue weighted by Crippen LogP contribution is 2.65. The number of aromatic nitrogens is 3. The first kappa shape index (κ1) is 17.4. The van der Waals surface area contributed by atoms with Crippen LogP contribution in [0.4, 0.5) is 0 Å². The van der Waals surface area contributed by atoms with Crippen molar-refractivity contribution < 1.29 is 4.79 Å². The summed E-state index contributed by atoms with van der Waals surface area (Å²) in [6.45, 7) is 1.59. The molecule has 4 aliphatic carbocycles. The number of hydrogen-bond donors (Lipinski definition) is 2. The summed E-state index contributed by atoms with van der Waals surface area (Å²) in [5, 5.41) is 0.241.